The fourth-order valence-corrected chi connectivity index (χ4v) is 10.5. The molecule has 2 heterocycles. The van der Waals surface area contributed by atoms with Gasteiger partial charge in [-0.1, -0.05) is 31.2 Å². The average molecular weight is 635 g/mol. The number of furan rings is 1. The normalized spacial score (nSPS) is 33.4. The van der Waals surface area contributed by atoms with E-state index >= 15 is 0 Å². The van der Waals surface area contributed by atoms with Gasteiger partial charge in [0.2, 0.25) is 10.9 Å². The number of aliphatic hydroxyl groups excluding tert-OH is 2. The largest absolute Gasteiger partial charge is 0.457 e. The number of carbonyl (C=O) groups is 2. The summed E-state index contributed by atoms with van der Waals surface area (Å²) in [4.78, 5) is 27.4. The van der Waals surface area contributed by atoms with E-state index < -0.39 is 23.1 Å². The van der Waals surface area contributed by atoms with Gasteiger partial charge in [0.25, 0.3) is 0 Å². The second-order valence-corrected chi connectivity index (χ2v) is 14.7. The minimum absolute atomic E-state index is 0.0270. The maximum Gasteiger partial charge on any atom is 0.375 e. The van der Waals surface area contributed by atoms with E-state index in [9.17, 15) is 24.2 Å². The molecule has 10 heteroatoms. The van der Waals surface area contributed by atoms with Crippen molar-refractivity contribution in [1.29, 1.82) is 0 Å². The molecule has 3 saturated carbocycles. The predicted octanol–water partition coefficient (Wildman–Crippen LogP) is 6.00. The second kappa shape index (κ2) is 11.2. The first-order valence-corrected chi connectivity index (χ1v) is 16.9. The van der Waals surface area contributed by atoms with Crippen molar-refractivity contribution >= 4 is 28.9 Å². The highest BCUT2D eigenvalue weighted by Gasteiger charge is 2.70. The van der Waals surface area contributed by atoms with E-state index in [-0.39, 0.29) is 46.5 Å². The summed E-state index contributed by atoms with van der Waals surface area (Å²) < 4.78 is 27.1. The number of nitrogens with zero attached hydrogens (tertiary/aromatic N) is 2. The van der Waals surface area contributed by atoms with Crippen molar-refractivity contribution in [3.8, 4) is 5.69 Å². The number of esters is 1. The Kier molecular flexibility index (Phi) is 7.61. The van der Waals surface area contributed by atoms with E-state index in [2.05, 4.69) is 18.1 Å². The van der Waals surface area contributed by atoms with Crippen LogP contribution in [0.25, 0.3) is 11.8 Å². The van der Waals surface area contributed by atoms with Crippen LogP contribution in [0.4, 0.5) is 4.39 Å². The van der Waals surface area contributed by atoms with Crippen LogP contribution in [0.15, 0.2) is 58.8 Å². The molecule has 0 bridgehead atoms. The van der Waals surface area contributed by atoms with E-state index in [1.807, 2.05) is 17.8 Å². The summed E-state index contributed by atoms with van der Waals surface area (Å²) in [5.74, 6) is -0.332. The van der Waals surface area contributed by atoms with Crippen LogP contribution in [0.5, 0.6) is 0 Å². The number of ether oxygens (including phenoxy) is 1. The summed E-state index contributed by atoms with van der Waals surface area (Å²) in [6.45, 7) is 4.26. The van der Waals surface area contributed by atoms with Crippen LogP contribution in [-0.2, 0) is 16.0 Å². The molecule has 238 valence electrons. The first kappa shape index (κ1) is 30.4. The topological polar surface area (TPSA) is 115 Å². The van der Waals surface area contributed by atoms with Gasteiger partial charge < -0.3 is 19.4 Å². The summed E-state index contributed by atoms with van der Waals surface area (Å²) in [6.07, 6.45) is 9.12. The number of benzene rings is 1. The number of hydrogen-bond donors (Lipinski definition) is 2. The Morgan fingerprint density at radius 1 is 1.20 bits per heavy atom. The molecule has 0 radical (unpaired) electrons. The molecule has 2 unspecified atom stereocenters. The van der Waals surface area contributed by atoms with Gasteiger partial charge >= 0.3 is 5.97 Å². The fourth-order valence-electron chi connectivity index (χ4n) is 9.45. The number of aromatic nitrogens is 2. The van der Waals surface area contributed by atoms with Gasteiger partial charge in [0, 0.05) is 17.8 Å². The minimum Gasteiger partial charge on any atom is -0.457 e. The number of halogens is 1. The number of thioether (sulfide) groups is 1. The van der Waals surface area contributed by atoms with Crippen LogP contribution < -0.4 is 0 Å². The van der Waals surface area contributed by atoms with Gasteiger partial charge in [0.05, 0.1) is 29.9 Å². The van der Waals surface area contributed by atoms with Crippen LogP contribution in [0.2, 0.25) is 0 Å². The average Bonchev–Trinajstić information content (AvgIpc) is 3.75. The summed E-state index contributed by atoms with van der Waals surface area (Å²) in [5.41, 5.74) is 1.68. The van der Waals surface area contributed by atoms with Crippen molar-refractivity contribution in [3.63, 3.8) is 0 Å². The van der Waals surface area contributed by atoms with Crippen molar-refractivity contribution < 1.29 is 33.3 Å². The fraction of sp³-hybridized carbons (Fsp3) is 0.514. The minimum atomic E-state index is -1.42. The van der Waals surface area contributed by atoms with Gasteiger partial charge in [0.15, 0.2) is 5.60 Å². The lowest BCUT2D eigenvalue weighted by Gasteiger charge is -2.60. The molecule has 4 aliphatic rings. The van der Waals surface area contributed by atoms with Gasteiger partial charge in [-0.25, -0.2) is 13.9 Å². The van der Waals surface area contributed by atoms with Gasteiger partial charge in [-0.05, 0) is 116 Å². The molecular formula is C35H39FN2O6S. The Bertz CT molecular complexity index is 1640. The molecule has 0 amide bonds. The molecule has 2 aromatic heterocycles. The number of allylic oxidation sites excluding steroid dienone is 1. The Morgan fingerprint density at radius 2 is 2.00 bits per heavy atom. The zero-order valence-electron chi connectivity index (χ0n) is 25.6. The van der Waals surface area contributed by atoms with E-state index in [0.717, 1.165) is 48.0 Å². The molecule has 3 fully saturated rings. The molecule has 4 aliphatic carbocycles. The molecular weight excluding hydrogens is 595 g/mol. The smallest absolute Gasteiger partial charge is 0.375 e. The van der Waals surface area contributed by atoms with Gasteiger partial charge in [-0.15, -0.1) is 0 Å². The van der Waals surface area contributed by atoms with Crippen molar-refractivity contribution in [2.75, 3.05) is 12.4 Å². The lowest BCUT2D eigenvalue weighted by atomic mass is 9.45. The molecule has 3 aromatic rings. The highest BCUT2D eigenvalue weighted by Crippen LogP contribution is 2.69. The Balaban J connectivity index is 1.22. The van der Waals surface area contributed by atoms with E-state index in [1.165, 1.54) is 30.0 Å². The van der Waals surface area contributed by atoms with Crippen molar-refractivity contribution in [1.82, 2.24) is 9.78 Å². The number of rotatable bonds is 7. The standard InChI is InChI=1S/C35H39FN2O6S/c1-33-18-21-20-37-38(24-9-7-23(36)8-10-24)27(21)17-22(33)6-11-25-26-12-13-35(32(42)45-16-4-14-39,34(26,2)19-28(40)30(25)33)44-31(41)29-5-3-15-43-29/h3,5,7-10,15,17,20,25-26,28,30,39-40H,4,6,11-14,16,18-19H2,1-2H3/t25-,26?,28-,30?,33-,34-,35-/m0/s1. The Labute approximate surface area is 266 Å². The molecule has 0 saturated heterocycles. The van der Waals surface area contributed by atoms with Crippen molar-refractivity contribution in [2.45, 2.75) is 70.5 Å². The van der Waals surface area contributed by atoms with Crippen LogP contribution in [-0.4, -0.2) is 55.1 Å². The van der Waals surface area contributed by atoms with Crippen LogP contribution in [0.1, 0.15) is 74.2 Å². The summed E-state index contributed by atoms with van der Waals surface area (Å²) in [5, 5.41) is 25.9. The Hall–Kier alpha value is -3.21. The molecule has 7 atom stereocenters. The highest BCUT2D eigenvalue weighted by atomic mass is 32.2. The molecule has 2 N–H and O–H groups in total. The zero-order valence-corrected chi connectivity index (χ0v) is 26.4. The van der Waals surface area contributed by atoms with Crippen molar-refractivity contribution in [3.05, 3.63) is 77.3 Å². The molecule has 8 nitrogen and oxygen atoms in total. The lowest BCUT2D eigenvalue weighted by Crippen LogP contribution is -2.62. The predicted molar refractivity (Wildman–Crippen MR) is 167 cm³/mol. The summed E-state index contributed by atoms with van der Waals surface area (Å²) in [6, 6.07) is 9.48. The Morgan fingerprint density at radius 3 is 2.73 bits per heavy atom. The highest BCUT2D eigenvalue weighted by molar-refractivity contribution is 8.13. The lowest BCUT2D eigenvalue weighted by molar-refractivity contribution is -0.175. The molecule has 45 heavy (non-hydrogen) atoms. The van der Waals surface area contributed by atoms with Crippen LogP contribution in [0, 0.1) is 34.4 Å². The molecule has 7 rings (SSSR count). The summed E-state index contributed by atoms with van der Waals surface area (Å²) >= 11 is 1.10. The van der Waals surface area contributed by atoms with E-state index in [0.29, 0.717) is 31.4 Å². The number of fused-ring (bicyclic) bond motifs is 6. The maximum atomic E-state index is 14.1. The zero-order chi connectivity index (χ0) is 31.6. The first-order valence-electron chi connectivity index (χ1n) is 15.9. The third kappa shape index (κ3) is 4.66. The number of carbonyl (C=O) groups excluding carboxylic acids is 2. The van der Waals surface area contributed by atoms with Crippen molar-refractivity contribution in [2.24, 2.45) is 28.6 Å². The van der Waals surface area contributed by atoms with Crippen LogP contribution in [0.3, 0.4) is 0 Å². The third-order valence-corrected chi connectivity index (χ3v) is 12.6. The first-order chi connectivity index (χ1) is 21.6. The number of aliphatic hydroxyl groups is 2. The number of hydrogen-bond acceptors (Lipinski definition) is 8. The monoisotopic (exact) mass is 634 g/mol. The van der Waals surface area contributed by atoms with Gasteiger partial charge in [-0.2, -0.15) is 5.10 Å². The van der Waals surface area contributed by atoms with E-state index in [1.54, 1.807) is 18.2 Å². The van der Waals surface area contributed by atoms with Gasteiger partial charge in [-0.3, -0.25) is 4.79 Å². The van der Waals surface area contributed by atoms with Crippen LogP contribution >= 0.6 is 11.8 Å². The SMILES string of the molecule is C[C@]12Cc3cnn(-c4ccc(F)cc4)c3C=C1CC[C@@H]1C2[C@@H](O)C[C@@]2(C)C1CC[C@]2(OC(=O)c1ccco1)C(=O)SCCCO. The second-order valence-electron chi connectivity index (χ2n) is 13.7. The quantitative estimate of drug-likeness (QED) is 0.241. The summed E-state index contributed by atoms with van der Waals surface area (Å²) in [7, 11) is 0. The van der Waals surface area contributed by atoms with E-state index in [4.69, 9.17) is 9.15 Å². The van der Waals surface area contributed by atoms with Gasteiger partial charge in [0.1, 0.15) is 5.82 Å². The maximum absolute atomic E-state index is 14.1. The third-order valence-electron chi connectivity index (χ3n) is 11.5. The molecule has 1 aromatic carbocycles. The molecule has 0 spiro atoms. The molecule has 0 aliphatic heterocycles.